The number of hydrogen-bond donors (Lipinski definition) is 3. The summed E-state index contributed by atoms with van der Waals surface area (Å²) in [7, 11) is 0. The second-order valence-electron chi connectivity index (χ2n) is 3.33. The van der Waals surface area contributed by atoms with Gasteiger partial charge in [-0.05, 0) is 17.9 Å². The maximum absolute atomic E-state index is 11.7. The third-order valence-electron chi connectivity index (χ3n) is 2.08. The molecule has 0 saturated carbocycles. The van der Waals surface area contributed by atoms with E-state index < -0.39 is 0 Å². The summed E-state index contributed by atoms with van der Waals surface area (Å²) in [6.07, 6.45) is 0.594. The number of aliphatic hydroxyl groups is 1. The number of nitrogens with zero attached hydrogens (tertiary/aromatic N) is 2. The summed E-state index contributed by atoms with van der Waals surface area (Å²) < 4.78 is 0. The van der Waals surface area contributed by atoms with E-state index in [1.54, 1.807) is 0 Å². The van der Waals surface area contributed by atoms with Crippen LogP contribution in [0.5, 0.6) is 0 Å². The highest BCUT2D eigenvalue weighted by molar-refractivity contribution is 7.13. The minimum Gasteiger partial charge on any atom is -0.396 e. The normalized spacial score (nSPS) is 10.4. The van der Waals surface area contributed by atoms with Crippen molar-refractivity contribution in [3.8, 4) is 10.6 Å². The zero-order valence-corrected chi connectivity index (χ0v) is 9.83. The first-order valence-electron chi connectivity index (χ1n) is 5.17. The Morgan fingerprint density at radius 1 is 1.47 bits per heavy atom. The van der Waals surface area contributed by atoms with Crippen molar-refractivity contribution in [3.63, 3.8) is 0 Å². The molecule has 0 aliphatic heterocycles. The van der Waals surface area contributed by atoms with Crippen LogP contribution in [0.25, 0.3) is 10.6 Å². The summed E-state index contributed by atoms with van der Waals surface area (Å²) in [5.74, 6) is 0.323. The number of aromatic amines is 1. The second-order valence-corrected chi connectivity index (χ2v) is 4.28. The van der Waals surface area contributed by atoms with Gasteiger partial charge in [0.05, 0.1) is 4.88 Å². The number of anilines is 1. The third-order valence-corrected chi connectivity index (χ3v) is 2.96. The molecule has 0 bridgehead atoms. The molecule has 0 aliphatic rings. The monoisotopic (exact) mass is 252 g/mol. The molecule has 6 nitrogen and oxygen atoms in total. The second kappa shape index (κ2) is 5.55. The molecule has 17 heavy (non-hydrogen) atoms. The molecule has 2 aromatic rings. The van der Waals surface area contributed by atoms with E-state index in [0.717, 1.165) is 4.88 Å². The van der Waals surface area contributed by atoms with Crippen LogP contribution < -0.4 is 10.9 Å². The maximum atomic E-state index is 11.7. The highest BCUT2D eigenvalue weighted by atomic mass is 32.1. The van der Waals surface area contributed by atoms with Crippen LogP contribution in [0.1, 0.15) is 6.42 Å². The van der Waals surface area contributed by atoms with Gasteiger partial charge < -0.3 is 10.4 Å². The van der Waals surface area contributed by atoms with E-state index >= 15 is 0 Å². The van der Waals surface area contributed by atoms with E-state index in [0.29, 0.717) is 24.6 Å². The molecule has 7 heteroatoms. The van der Waals surface area contributed by atoms with Gasteiger partial charge in [-0.15, -0.1) is 21.5 Å². The van der Waals surface area contributed by atoms with Crippen molar-refractivity contribution in [1.82, 2.24) is 15.2 Å². The minimum absolute atomic E-state index is 0.0952. The van der Waals surface area contributed by atoms with Crippen LogP contribution >= 0.6 is 11.3 Å². The molecule has 90 valence electrons. The molecular formula is C10H12N4O2S. The van der Waals surface area contributed by atoms with Crippen LogP contribution in [0.3, 0.4) is 0 Å². The van der Waals surface area contributed by atoms with Gasteiger partial charge in [-0.3, -0.25) is 9.78 Å². The maximum Gasteiger partial charge on any atom is 0.279 e. The lowest BCUT2D eigenvalue weighted by molar-refractivity contribution is 0.292. The SMILES string of the molecule is O=c1[nH]c(NCCCO)nnc1-c1cccs1. The molecule has 0 aromatic carbocycles. The van der Waals surface area contributed by atoms with Gasteiger partial charge in [0, 0.05) is 13.2 Å². The zero-order valence-electron chi connectivity index (χ0n) is 9.01. The van der Waals surface area contributed by atoms with Crippen molar-refractivity contribution in [1.29, 1.82) is 0 Å². The lowest BCUT2D eigenvalue weighted by atomic mass is 10.4. The molecule has 0 unspecified atom stereocenters. The van der Waals surface area contributed by atoms with Crippen LogP contribution in [0.4, 0.5) is 5.95 Å². The topological polar surface area (TPSA) is 90.9 Å². The fraction of sp³-hybridized carbons (Fsp3) is 0.300. The minimum atomic E-state index is -0.269. The Kier molecular flexibility index (Phi) is 3.84. The van der Waals surface area contributed by atoms with Gasteiger partial charge in [-0.25, -0.2) is 0 Å². The Labute approximate surface area is 101 Å². The largest absolute Gasteiger partial charge is 0.396 e. The molecule has 2 rings (SSSR count). The molecular weight excluding hydrogens is 240 g/mol. The van der Waals surface area contributed by atoms with E-state index in [2.05, 4.69) is 20.5 Å². The molecule has 0 aliphatic carbocycles. The number of H-pyrrole nitrogens is 1. The smallest absolute Gasteiger partial charge is 0.279 e. The number of rotatable bonds is 5. The van der Waals surface area contributed by atoms with Gasteiger partial charge in [0.25, 0.3) is 5.56 Å². The Bertz CT molecular complexity index is 523. The van der Waals surface area contributed by atoms with Crippen LogP contribution in [0, 0.1) is 0 Å². The highest BCUT2D eigenvalue weighted by Gasteiger charge is 2.07. The van der Waals surface area contributed by atoms with Gasteiger partial charge in [0.2, 0.25) is 5.95 Å². The molecule has 3 N–H and O–H groups in total. The lowest BCUT2D eigenvalue weighted by Gasteiger charge is -2.03. The summed E-state index contributed by atoms with van der Waals surface area (Å²) in [5.41, 5.74) is 0.0571. The number of nitrogens with one attached hydrogen (secondary N) is 2. The lowest BCUT2D eigenvalue weighted by Crippen LogP contribution is -2.17. The van der Waals surface area contributed by atoms with Crippen LogP contribution in [0.2, 0.25) is 0 Å². The number of aliphatic hydroxyl groups excluding tert-OH is 1. The Morgan fingerprint density at radius 2 is 2.35 bits per heavy atom. The number of thiophene rings is 1. The van der Waals surface area contributed by atoms with E-state index in [1.165, 1.54) is 11.3 Å². The Balaban J connectivity index is 2.15. The summed E-state index contributed by atoms with van der Waals surface area (Å²) in [5, 5.41) is 21.1. The van der Waals surface area contributed by atoms with Crippen molar-refractivity contribution < 1.29 is 5.11 Å². The molecule has 2 aromatic heterocycles. The highest BCUT2D eigenvalue weighted by Crippen LogP contribution is 2.18. The van der Waals surface area contributed by atoms with Gasteiger partial charge in [-0.1, -0.05) is 6.07 Å². The first-order valence-corrected chi connectivity index (χ1v) is 6.05. The summed E-state index contributed by atoms with van der Waals surface area (Å²) >= 11 is 1.44. The molecule has 2 heterocycles. The summed E-state index contributed by atoms with van der Waals surface area (Å²) in [6, 6.07) is 3.68. The average Bonchev–Trinajstić information content (AvgIpc) is 2.83. The Morgan fingerprint density at radius 3 is 3.00 bits per heavy atom. The van der Waals surface area contributed by atoms with Crippen molar-refractivity contribution in [2.45, 2.75) is 6.42 Å². The van der Waals surface area contributed by atoms with Crippen molar-refractivity contribution in [3.05, 3.63) is 27.9 Å². The molecule has 0 spiro atoms. The first kappa shape index (κ1) is 11.7. The van der Waals surface area contributed by atoms with Crippen molar-refractivity contribution in [2.75, 3.05) is 18.5 Å². The number of aromatic nitrogens is 3. The molecule has 0 saturated heterocycles. The van der Waals surface area contributed by atoms with Crippen molar-refractivity contribution in [2.24, 2.45) is 0 Å². The standard InChI is InChI=1S/C10H12N4O2S/c15-5-2-4-11-10-12-9(16)8(13-14-10)7-3-1-6-17-7/h1,3,6,15H,2,4-5H2,(H2,11,12,14,16). The van der Waals surface area contributed by atoms with Gasteiger partial charge >= 0.3 is 0 Å². The molecule has 0 amide bonds. The van der Waals surface area contributed by atoms with Crippen LogP contribution in [0.15, 0.2) is 22.3 Å². The predicted molar refractivity (Wildman–Crippen MR) is 66.2 cm³/mol. The summed E-state index contributed by atoms with van der Waals surface area (Å²) in [6.45, 7) is 0.636. The Hall–Kier alpha value is -1.73. The molecule has 0 radical (unpaired) electrons. The fourth-order valence-corrected chi connectivity index (χ4v) is 1.98. The summed E-state index contributed by atoms with van der Waals surface area (Å²) in [4.78, 5) is 15.1. The third kappa shape index (κ3) is 2.89. The van der Waals surface area contributed by atoms with Crippen LogP contribution in [-0.4, -0.2) is 33.4 Å². The predicted octanol–water partition coefficient (Wildman–Crippen LogP) is 0.688. The van der Waals surface area contributed by atoms with Gasteiger partial charge in [0.1, 0.15) is 0 Å². The van der Waals surface area contributed by atoms with E-state index in [4.69, 9.17) is 5.11 Å². The van der Waals surface area contributed by atoms with Gasteiger partial charge in [-0.2, -0.15) is 0 Å². The van der Waals surface area contributed by atoms with Gasteiger partial charge in [0.15, 0.2) is 5.69 Å². The molecule has 0 atom stereocenters. The van der Waals surface area contributed by atoms with E-state index in [1.807, 2.05) is 17.5 Å². The van der Waals surface area contributed by atoms with E-state index in [9.17, 15) is 4.79 Å². The van der Waals surface area contributed by atoms with Crippen molar-refractivity contribution >= 4 is 17.3 Å². The van der Waals surface area contributed by atoms with Crippen LogP contribution in [-0.2, 0) is 0 Å². The average molecular weight is 252 g/mol. The van der Waals surface area contributed by atoms with E-state index in [-0.39, 0.29) is 12.2 Å². The fourth-order valence-electron chi connectivity index (χ4n) is 1.28. The first-order chi connectivity index (χ1) is 8.31. The quantitative estimate of drug-likeness (QED) is 0.681. The zero-order chi connectivity index (χ0) is 12.1. The number of hydrogen-bond acceptors (Lipinski definition) is 6. The molecule has 0 fully saturated rings.